The van der Waals surface area contributed by atoms with Crippen LogP contribution in [0, 0.1) is 0 Å². The first-order valence-electron chi connectivity index (χ1n) is 4.41. The van der Waals surface area contributed by atoms with Crippen LogP contribution >= 0.6 is 11.3 Å². The summed E-state index contributed by atoms with van der Waals surface area (Å²) in [5, 5.41) is 7.03. The van der Waals surface area contributed by atoms with Crippen LogP contribution < -0.4 is 10.5 Å². The molecule has 0 atom stereocenters. The molecule has 0 aliphatic rings. The minimum atomic E-state index is -3.65. The molecule has 92 valence electrons. The van der Waals surface area contributed by atoms with Crippen LogP contribution in [0.1, 0.15) is 13.8 Å². The molecule has 9 heteroatoms. The Kier molecular flexibility index (Phi) is 3.84. The van der Waals surface area contributed by atoms with E-state index < -0.39 is 15.6 Å². The maximum atomic E-state index is 11.7. The van der Waals surface area contributed by atoms with Crippen LogP contribution in [-0.2, 0) is 14.8 Å². The predicted molar refractivity (Wildman–Crippen MR) is 60.6 cm³/mol. The van der Waals surface area contributed by atoms with Gasteiger partial charge in [-0.2, -0.15) is 0 Å². The molecule has 0 saturated heterocycles. The number of methoxy groups -OCH3 is 1. The minimum absolute atomic E-state index is 0.117. The largest absolute Gasteiger partial charge is 0.377 e. The molecule has 0 aliphatic heterocycles. The highest BCUT2D eigenvalue weighted by Gasteiger charge is 2.24. The van der Waals surface area contributed by atoms with Crippen molar-refractivity contribution in [2.45, 2.75) is 23.8 Å². The van der Waals surface area contributed by atoms with Gasteiger partial charge in [0.05, 0.1) is 5.60 Å². The molecule has 0 unspecified atom stereocenters. The molecule has 1 heterocycles. The Hall–Kier alpha value is -0.770. The Morgan fingerprint density at radius 3 is 2.56 bits per heavy atom. The first-order valence-corrected chi connectivity index (χ1v) is 6.70. The first-order chi connectivity index (χ1) is 7.27. The molecule has 0 amide bonds. The number of nitrogens with two attached hydrogens (primary N) is 1. The fraction of sp³-hybridized carbons (Fsp3) is 0.714. The second-order valence-corrected chi connectivity index (χ2v) is 6.64. The molecular weight excluding hydrogens is 252 g/mol. The van der Waals surface area contributed by atoms with Gasteiger partial charge in [-0.3, -0.25) is 0 Å². The summed E-state index contributed by atoms with van der Waals surface area (Å²) in [6.45, 7) is 3.68. The Bertz CT molecular complexity index is 454. The van der Waals surface area contributed by atoms with Gasteiger partial charge in [-0.1, -0.05) is 11.3 Å². The van der Waals surface area contributed by atoms with Gasteiger partial charge in [0.1, 0.15) is 0 Å². The van der Waals surface area contributed by atoms with Gasteiger partial charge in [0.25, 0.3) is 10.0 Å². The number of nitrogen functional groups attached to an aromatic ring is 1. The van der Waals surface area contributed by atoms with Gasteiger partial charge in [0.2, 0.25) is 9.47 Å². The highest BCUT2D eigenvalue weighted by Crippen LogP contribution is 2.17. The Morgan fingerprint density at radius 2 is 2.12 bits per heavy atom. The molecule has 0 saturated carbocycles. The van der Waals surface area contributed by atoms with E-state index in [-0.39, 0.29) is 16.0 Å². The second kappa shape index (κ2) is 4.62. The van der Waals surface area contributed by atoms with Crippen LogP contribution in [0.15, 0.2) is 4.34 Å². The molecule has 1 aromatic rings. The number of rotatable bonds is 5. The summed E-state index contributed by atoms with van der Waals surface area (Å²) < 4.78 is 30.7. The number of hydrogen-bond acceptors (Lipinski definition) is 7. The average molecular weight is 266 g/mol. The zero-order valence-electron chi connectivity index (χ0n) is 9.22. The lowest BCUT2D eigenvalue weighted by Gasteiger charge is -2.22. The van der Waals surface area contributed by atoms with Gasteiger partial charge in [0.15, 0.2) is 0 Å². The number of hydrogen-bond donors (Lipinski definition) is 2. The fourth-order valence-electron chi connectivity index (χ4n) is 0.732. The van der Waals surface area contributed by atoms with Crippen molar-refractivity contribution in [3.05, 3.63) is 0 Å². The van der Waals surface area contributed by atoms with E-state index in [0.717, 1.165) is 11.3 Å². The highest BCUT2D eigenvalue weighted by molar-refractivity contribution is 7.91. The average Bonchev–Trinajstić information content (AvgIpc) is 2.63. The van der Waals surface area contributed by atoms with Crippen LogP contribution in [0.4, 0.5) is 5.13 Å². The molecular formula is C7H14N4O3S2. The fourth-order valence-corrected chi connectivity index (χ4v) is 2.76. The van der Waals surface area contributed by atoms with E-state index in [2.05, 4.69) is 14.9 Å². The van der Waals surface area contributed by atoms with E-state index in [0.29, 0.717) is 0 Å². The summed E-state index contributed by atoms with van der Waals surface area (Å²) >= 11 is 0.817. The third-order valence-electron chi connectivity index (χ3n) is 1.89. The number of aromatic nitrogens is 2. The number of ether oxygens (including phenoxy) is 1. The second-order valence-electron chi connectivity index (χ2n) is 3.69. The standard InChI is InChI=1S/C7H14N4O3S2/c1-7(2,14-3)4-9-16(12,13)6-11-10-5(8)15-6/h9H,4H2,1-3H3,(H2,8,10). The summed E-state index contributed by atoms with van der Waals surface area (Å²) in [5.41, 5.74) is 4.73. The normalized spacial score (nSPS) is 12.9. The van der Waals surface area contributed by atoms with Gasteiger partial charge >= 0.3 is 0 Å². The molecule has 16 heavy (non-hydrogen) atoms. The summed E-state index contributed by atoms with van der Waals surface area (Å²) in [4.78, 5) is 0. The lowest BCUT2D eigenvalue weighted by atomic mass is 10.1. The number of nitrogens with one attached hydrogen (secondary N) is 1. The molecule has 7 nitrogen and oxygen atoms in total. The first kappa shape index (κ1) is 13.3. The van der Waals surface area contributed by atoms with Gasteiger partial charge < -0.3 is 10.5 Å². The lowest BCUT2D eigenvalue weighted by molar-refractivity contribution is 0.0276. The Morgan fingerprint density at radius 1 is 1.50 bits per heavy atom. The van der Waals surface area contributed by atoms with Crippen molar-refractivity contribution in [1.29, 1.82) is 0 Å². The van der Waals surface area contributed by atoms with Crippen molar-refractivity contribution in [2.24, 2.45) is 0 Å². The lowest BCUT2D eigenvalue weighted by Crippen LogP contribution is -2.39. The monoisotopic (exact) mass is 266 g/mol. The summed E-state index contributed by atoms with van der Waals surface area (Å²) in [7, 11) is -2.14. The third-order valence-corrected chi connectivity index (χ3v) is 4.41. The van der Waals surface area contributed by atoms with Crippen molar-refractivity contribution in [3.63, 3.8) is 0 Å². The van der Waals surface area contributed by atoms with E-state index in [4.69, 9.17) is 10.5 Å². The van der Waals surface area contributed by atoms with E-state index in [1.165, 1.54) is 7.11 Å². The molecule has 0 spiro atoms. The van der Waals surface area contributed by atoms with Crippen molar-refractivity contribution in [1.82, 2.24) is 14.9 Å². The minimum Gasteiger partial charge on any atom is -0.377 e. The van der Waals surface area contributed by atoms with E-state index in [1.807, 2.05) is 0 Å². The van der Waals surface area contributed by atoms with Crippen LogP contribution in [0.3, 0.4) is 0 Å². The zero-order valence-corrected chi connectivity index (χ0v) is 10.9. The molecule has 0 aromatic carbocycles. The van der Waals surface area contributed by atoms with Crippen molar-refractivity contribution in [3.8, 4) is 0 Å². The smallest absolute Gasteiger partial charge is 0.269 e. The van der Waals surface area contributed by atoms with Crippen LogP contribution in [0.5, 0.6) is 0 Å². The summed E-state index contributed by atoms with van der Waals surface area (Å²) in [6, 6.07) is 0. The summed E-state index contributed by atoms with van der Waals surface area (Å²) in [6.07, 6.45) is 0. The number of sulfonamides is 1. The third kappa shape index (κ3) is 3.37. The van der Waals surface area contributed by atoms with E-state index >= 15 is 0 Å². The summed E-state index contributed by atoms with van der Waals surface area (Å²) in [5.74, 6) is 0. The van der Waals surface area contributed by atoms with Gasteiger partial charge in [-0.15, -0.1) is 10.2 Å². The Labute approximate surface area is 98.1 Å². The van der Waals surface area contributed by atoms with Gasteiger partial charge in [0, 0.05) is 13.7 Å². The van der Waals surface area contributed by atoms with Crippen molar-refractivity contribution < 1.29 is 13.2 Å². The van der Waals surface area contributed by atoms with E-state index in [9.17, 15) is 8.42 Å². The quantitative estimate of drug-likeness (QED) is 0.765. The SMILES string of the molecule is COC(C)(C)CNS(=O)(=O)c1nnc(N)s1. The molecule has 0 radical (unpaired) electrons. The topological polar surface area (TPSA) is 107 Å². The molecule has 1 aromatic heterocycles. The molecule has 0 fully saturated rings. The van der Waals surface area contributed by atoms with Crippen LogP contribution in [-0.4, -0.2) is 37.9 Å². The number of anilines is 1. The molecule has 0 bridgehead atoms. The van der Waals surface area contributed by atoms with E-state index in [1.54, 1.807) is 13.8 Å². The number of nitrogens with zero attached hydrogens (tertiary/aromatic N) is 2. The highest BCUT2D eigenvalue weighted by atomic mass is 32.2. The maximum absolute atomic E-state index is 11.7. The Balaban J connectivity index is 2.74. The molecule has 3 N–H and O–H groups in total. The maximum Gasteiger partial charge on any atom is 0.269 e. The predicted octanol–water partition coefficient (Wildman–Crippen LogP) is -0.176. The van der Waals surface area contributed by atoms with Crippen molar-refractivity contribution >= 4 is 26.5 Å². The van der Waals surface area contributed by atoms with Crippen molar-refractivity contribution in [2.75, 3.05) is 19.4 Å². The zero-order chi connectivity index (χ0) is 12.4. The van der Waals surface area contributed by atoms with Crippen LogP contribution in [0.2, 0.25) is 0 Å². The molecule has 0 aliphatic carbocycles. The molecule has 1 rings (SSSR count). The van der Waals surface area contributed by atoms with Crippen LogP contribution in [0.25, 0.3) is 0 Å². The van der Waals surface area contributed by atoms with Gasteiger partial charge in [-0.05, 0) is 13.8 Å². The van der Waals surface area contributed by atoms with Gasteiger partial charge in [-0.25, -0.2) is 13.1 Å².